The Kier molecular flexibility index (Phi) is 3.88. The zero-order chi connectivity index (χ0) is 12.3. The summed E-state index contributed by atoms with van der Waals surface area (Å²) in [5.41, 5.74) is 7.29. The first-order valence-corrected chi connectivity index (χ1v) is 5.44. The first-order valence-electron chi connectivity index (χ1n) is 5.44. The van der Waals surface area contributed by atoms with Gasteiger partial charge in [0.1, 0.15) is 0 Å². The second-order valence-corrected chi connectivity index (χ2v) is 4.76. The van der Waals surface area contributed by atoms with Gasteiger partial charge in [-0.3, -0.25) is 4.98 Å². The van der Waals surface area contributed by atoms with Gasteiger partial charge in [-0.15, -0.1) is 0 Å². The third-order valence-electron chi connectivity index (χ3n) is 2.92. The molecule has 0 aromatic carbocycles. The van der Waals surface area contributed by atoms with Crippen molar-refractivity contribution in [2.24, 2.45) is 5.73 Å². The lowest BCUT2D eigenvalue weighted by Crippen LogP contribution is -2.44. The highest BCUT2D eigenvalue weighted by molar-refractivity contribution is 5.46. The minimum absolute atomic E-state index is 0.0507. The molecular formula is C12H21N3O. The summed E-state index contributed by atoms with van der Waals surface area (Å²) < 4.78 is 0. The molecule has 1 unspecified atom stereocenters. The van der Waals surface area contributed by atoms with E-state index in [9.17, 15) is 5.11 Å². The van der Waals surface area contributed by atoms with E-state index in [0.29, 0.717) is 0 Å². The highest BCUT2D eigenvalue weighted by atomic mass is 16.3. The lowest BCUT2D eigenvalue weighted by Gasteiger charge is -2.35. The second-order valence-electron chi connectivity index (χ2n) is 4.76. The number of pyridine rings is 1. The number of nitrogens with zero attached hydrogens (tertiary/aromatic N) is 2. The highest BCUT2D eigenvalue weighted by Gasteiger charge is 2.22. The molecule has 4 heteroatoms. The number of aliphatic hydroxyl groups is 1. The summed E-state index contributed by atoms with van der Waals surface area (Å²) in [6.07, 6.45) is 1.79. The van der Waals surface area contributed by atoms with Crippen LogP contribution in [0.25, 0.3) is 0 Å². The van der Waals surface area contributed by atoms with Crippen LogP contribution in [0.15, 0.2) is 18.3 Å². The van der Waals surface area contributed by atoms with Gasteiger partial charge in [0.05, 0.1) is 29.7 Å². The van der Waals surface area contributed by atoms with Crippen molar-refractivity contribution in [1.29, 1.82) is 0 Å². The maximum absolute atomic E-state index is 9.29. The van der Waals surface area contributed by atoms with Crippen LogP contribution in [0.4, 0.5) is 5.69 Å². The molecule has 0 fully saturated rings. The number of aromatic nitrogens is 1. The lowest BCUT2D eigenvalue weighted by molar-refractivity contribution is 0.216. The molecule has 1 aromatic rings. The summed E-state index contributed by atoms with van der Waals surface area (Å²) in [4.78, 5) is 6.30. The van der Waals surface area contributed by atoms with Crippen molar-refractivity contribution in [3.8, 4) is 0 Å². The van der Waals surface area contributed by atoms with Crippen LogP contribution in [0.1, 0.15) is 32.5 Å². The van der Waals surface area contributed by atoms with E-state index in [4.69, 9.17) is 5.73 Å². The van der Waals surface area contributed by atoms with Gasteiger partial charge < -0.3 is 15.7 Å². The zero-order valence-corrected chi connectivity index (χ0v) is 10.4. The van der Waals surface area contributed by atoms with Crippen LogP contribution in [0, 0.1) is 0 Å². The average molecular weight is 223 g/mol. The van der Waals surface area contributed by atoms with Gasteiger partial charge in [0.2, 0.25) is 0 Å². The third kappa shape index (κ3) is 2.71. The first-order chi connectivity index (χ1) is 7.38. The molecule has 3 N–H and O–H groups in total. The average Bonchev–Trinajstić information content (AvgIpc) is 2.28. The number of rotatable bonds is 4. The number of hydrogen-bond acceptors (Lipinski definition) is 4. The molecule has 4 nitrogen and oxygen atoms in total. The molecule has 16 heavy (non-hydrogen) atoms. The molecule has 0 bridgehead atoms. The Hall–Kier alpha value is -1.13. The van der Waals surface area contributed by atoms with E-state index in [-0.39, 0.29) is 18.2 Å². The van der Waals surface area contributed by atoms with Gasteiger partial charge >= 0.3 is 0 Å². The predicted octanol–water partition coefficient (Wildman–Crippen LogP) is 1.31. The fraction of sp³-hybridized carbons (Fsp3) is 0.583. The smallest absolute Gasteiger partial charge is 0.0658 e. The van der Waals surface area contributed by atoms with Gasteiger partial charge in [0.15, 0.2) is 0 Å². The summed E-state index contributed by atoms with van der Waals surface area (Å²) in [6.45, 7) is 5.96. The zero-order valence-electron chi connectivity index (χ0n) is 10.4. The topological polar surface area (TPSA) is 62.4 Å². The van der Waals surface area contributed by atoms with Gasteiger partial charge in [-0.05, 0) is 32.9 Å². The lowest BCUT2D eigenvalue weighted by atomic mass is 10.0. The summed E-state index contributed by atoms with van der Waals surface area (Å²) >= 11 is 0. The van der Waals surface area contributed by atoms with Crippen molar-refractivity contribution in [3.63, 3.8) is 0 Å². The van der Waals surface area contributed by atoms with Gasteiger partial charge in [-0.2, -0.15) is 0 Å². The number of likely N-dealkylation sites (N-methyl/N-ethyl adjacent to an activating group) is 1. The molecule has 0 aliphatic carbocycles. The Morgan fingerprint density at radius 1 is 1.50 bits per heavy atom. The summed E-state index contributed by atoms with van der Waals surface area (Å²) in [5.74, 6) is 0. The van der Waals surface area contributed by atoms with E-state index in [0.717, 1.165) is 11.4 Å². The minimum Gasteiger partial charge on any atom is -0.394 e. The van der Waals surface area contributed by atoms with Crippen LogP contribution in [0.2, 0.25) is 0 Å². The number of aliphatic hydroxyl groups excluding tert-OH is 1. The quantitative estimate of drug-likeness (QED) is 0.808. The maximum Gasteiger partial charge on any atom is 0.0658 e. The van der Waals surface area contributed by atoms with Crippen molar-refractivity contribution in [1.82, 2.24) is 4.98 Å². The molecule has 0 saturated heterocycles. The molecule has 1 aromatic heterocycles. The molecular weight excluding hydrogens is 202 g/mol. The Balaban J connectivity index is 2.90. The Labute approximate surface area is 97.1 Å². The molecule has 0 aliphatic heterocycles. The Morgan fingerprint density at radius 3 is 2.50 bits per heavy atom. The van der Waals surface area contributed by atoms with E-state index in [2.05, 4.69) is 4.98 Å². The van der Waals surface area contributed by atoms with Crippen molar-refractivity contribution < 1.29 is 5.11 Å². The number of hydrogen-bond donors (Lipinski definition) is 2. The maximum atomic E-state index is 9.29. The largest absolute Gasteiger partial charge is 0.394 e. The molecule has 1 rings (SSSR count). The number of anilines is 1. The van der Waals surface area contributed by atoms with Crippen LogP contribution >= 0.6 is 0 Å². The van der Waals surface area contributed by atoms with Gasteiger partial charge in [0.25, 0.3) is 0 Å². The van der Waals surface area contributed by atoms with Crippen LogP contribution in [-0.4, -0.2) is 29.3 Å². The Bertz CT molecular complexity index is 333. The molecule has 0 radical (unpaired) electrons. The fourth-order valence-electron chi connectivity index (χ4n) is 1.32. The van der Waals surface area contributed by atoms with Crippen molar-refractivity contribution >= 4 is 5.69 Å². The monoisotopic (exact) mass is 223 g/mol. The van der Waals surface area contributed by atoms with Crippen molar-refractivity contribution in [3.05, 3.63) is 24.0 Å². The van der Waals surface area contributed by atoms with E-state index < -0.39 is 0 Å². The van der Waals surface area contributed by atoms with Crippen molar-refractivity contribution in [2.45, 2.75) is 32.4 Å². The van der Waals surface area contributed by atoms with Crippen LogP contribution in [0.3, 0.4) is 0 Å². The standard InChI is InChI=1S/C12H21N3O/c1-9(13)11-6-5-10(7-14-11)15(4)12(2,3)8-16/h5-7,9,16H,8,13H2,1-4H3. The molecule has 0 spiro atoms. The molecule has 1 atom stereocenters. The first kappa shape index (κ1) is 12.9. The van der Waals surface area contributed by atoms with Gasteiger partial charge in [0, 0.05) is 13.1 Å². The molecule has 0 aliphatic rings. The van der Waals surface area contributed by atoms with E-state index in [1.54, 1.807) is 6.20 Å². The summed E-state index contributed by atoms with van der Waals surface area (Å²) in [6, 6.07) is 3.85. The minimum atomic E-state index is -0.294. The molecule has 90 valence electrons. The Morgan fingerprint density at radius 2 is 2.12 bits per heavy atom. The summed E-state index contributed by atoms with van der Waals surface area (Å²) in [5, 5.41) is 9.29. The number of nitrogens with two attached hydrogens (primary N) is 1. The molecule has 0 amide bonds. The van der Waals surface area contributed by atoms with E-state index >= 15 is 0 Å². The molecule has 0 saturated carbocycles. The fourth-order valence-corrected chi connectivity index (χ4v) is 1.32. The predicted molar refractivity (Wildman–Crippen MR) is 66.4 cm³/mol. The van der Waals surface area contributed by atoms with Crippen LogP contribution in [0.5, 0.6) is 0 Å². The third-order valence-corrected chi connectivity index (χ3v) is 2.92. The van der Waals surface area contributed by atoms with Crippen LogP contribution in [-0.2, 0) is 0 Å². The van der Waals surface area contributed by atoms with Crippen molar-refractivity contribution in [2.75, 3.05) is 18.6 Å². The van der Waals surface area contributed by atoms with Crippen LogP contribution < -0.4 is 10.6 Å². The van der Waals surface area contributed by atoms with E-state index in [1.807, 2.05) is 44.9 Å². The SMILES string of the molecule is CC(N)c1ccc(N(C)C(C)(C)CO)cn1. The highest BCUT2D eigenvalue weighted by Crippen LogP contribution is 2.21. The molecule has 1 heterocycles. The van der Waals surface area contributed by atoms with Gasteiger partial charge in [-0.25, -0.2) is 0 Å². The normalized spacial score (nSPS) is 13.6. The summed E-state index contributed by atoms with van der Waals surface area (Å²) in [7, 11) is 1.94. The van der Waals surface area contributed by atoms with Gasteiger partial charge in [-0.1, -0.05) is 0 Å². The second kappa shape index (κ2) is 4.80. The van der Waals surface area contributed by atoms with E-state index in [1.165, 1.54) is 0 Å².